The first kappa shape index (κ1) is 5.26. The van der Waals surface area contributed by atoms with Gasteiger partial charge in [-0.05, 0) is 6.08 Å². The third kappa shape index (κ3) is 0.821. The molecule has 2 aliphatic heterocycles. The molecule has 0 saturated carbocycles. The Labute approximate surface area is 53.6 Å². The third-order valence-electron chi connectivity index (χ3n) is 1.60. The molecule has 2 rings (SSSR count). The Balaban J connectivity index is 2.16. The normalized spacial score (nSPS) is 32.9. The van der Waals surface area contributed by atoms with Gasteiger partial charge in [-0.1, -0.05) is 0 Å². The van der Waals surface area contributed by atoms with Crippen molar-refractivity contribution in [1.29, 1.82) is 0 Å². The van der Waals surface area contributed by atoms with E-state index in [1.165, 1.54) is 0 Å². The minimum atomic E-state index is 0.332. The predicted octanol–water partition coefficient (Wildman–Crippen LogP) is -0.154. The highest BCUT2D eigenvalue weighted by molar-refractivity contribution is 5.09. The van der Waals surface area contributed by atoms with Crippen LogP contribution in [-0.2, 0) is 9.47 Å². The molecular weight excluding hydrogens is 118 g/mol. The van der Waals surface area contributed by atoms with Gasteiger partial charge in [0.15, 0.2) is 0 Å². The molecule has 1 unspecified atom stereocenters. The summed E-state index contributed by atoms with van der Waals surface area (Å²) in [6.45, 7) is 2.10. The lowest BCUT2D eigenvalue weighted by molar-refractivity contribution is 0.129. The third-order valence-corrected chi connectivity index (χ3v) is 1.60. The van der Waals surface area contributed by atoms with E-state index in [0.717, 1.165) is 12.4 Å². The summed E-state index contributed by atoms with van der Waals surface area (Å²) in [6.07, 6.45) is 1.98. The average Bonchev–Trinajstić information content (AvgIpc) is 2.33. The van der Waals surface area contributed by atoms with Crippen LogP contribution < -0.4 is 5.32 Å². The van der Waals surface area contributed by atoms with Crippen molar-refractivity contribution in [2.24, 2.45) is 0 Å². The van der Waals surface area contributed by atoms with Gasteiger partial charge in [-0.15, -0.1) is 0 Å². The molecule has 3 nitrogen and oxygen atoms in total. The first-order chi connectivity index (χ1) is 4.47. The van der Waals surface area contributed by atoms with Crippen molar-refractivity contribution < 1.29 is 9.47 Å². The van der Waals surface area contributed by atoms with Gasteiger partial charge in [-0.25, -0.2) is 0 Å². The van der Waals surface area contributed by atoms with E-state index in [-0.39, 0.29) is 0 Å². The molecule has 2 aliphatic rings. The Morgan fingerprint density at radius 2 is 2.67 bits per heavy atom. The lowest BCUT2D eigenvalue weighted by atomic mass is 10.2. The van der Waals surface area contributed by atoms with Crippen LogP contribution >= 0.6 is 0 Å². The fourth-order valence-corrected chi connectivity index (χ4v) is 1.10. The highest BCUT2D eigenvalue weighted by Crippen LogP contribution is 2.14. The van der Waals surface area contributed by atoms with Crippen LogP contribution in [0.5, 0.6) is 0 Å². The molecule has 1 N–H and O–H groups in total. The summed E-state index contributed by atoms with van der Waals surface area (Å²) in [4.78, 5) is 0. The molecule has 0 aromatic rings. The molecule has 0 radical (unpaired) electrons. The number of ether oxygens (including phenoxy) is 2. The molecule has 9 heavy (non-hydrogen) atoms. The molecule has 1 saturated heterocycles. The first-order valence-corrected chi connectivity index (χ1v) is 3.11. The molecular formula is C6H9NO2. The van der Waals surface area contributed by atoms with Crippen LogP contribution in [0.25, 0.3) is 0 Å². The molecule has 2 heterocycles. The number of hydrogen-bond acceptors (Lipinski definition) is 3. The molecule has 1 fully saturated rings. The largest absolute Gasteiger partial charge is 0.481 e. The predicted molar refractivity (Wildman–Crippen MR) is 31.8 cm³/mol. The summed E-state index contributed by atoms with van der Waals surface area (Å²) in [5.41, 5.74) is 0. The van der Waals surface area contributed by atoms with Crippen molar-refractivity contribution in [3.63, 3.8) is 0 Å². The molecule has 0 amide bonds. The van der Waals surface area contributed by atoms with Gasteiger partial charge in [0.25, 0.3) is 0 Å². The van der Waals surface area contributed by atoms with E-state index in [9.17, 15) is 0 Å². The number of rotatable bonds is 0. The Kier molecular flexibility index (Phi) is 1.17. The SMILES string of the molecule is C1=C2OCNC2COC1. The molecule has 0 aromatic heterocycles. The minimum absolute atomic E-state index is 0.332. The Hall–Kier alpha value is -0.540. The lowest BCUT2D eigenvalue weighted by Gasteiger charge is -2.14. The minimum Gasteiger partial charge on any atom is -0.481 e. The Morgan fingerprint density at radius 3 is 3.56 bits per heavy atom. The van der Waals surface area contributed by atoms with Gasteiger partial charge >= 0.3 is 0 Å². The fourth-order valence-electron chi connectivity index (χ4n) is 1.10. The molecule has 50 valence electrons. The highest BCUT2D eigenvalue weighted by atomic mass is 16.5. The van der Waals surface area contributed by atoms with E-state index in [1.54, 1.807) is 0 Å². The first-order valence-electron chi connectivity index (χ1n) is 3.11. The summed E-state index contributed by atoms with van der Waals surface area (Å²) in [6, 6.07) is 0.332. The second-order valence-electron chi connectivity index (χ2n) is 2.19. The second kappa shape index (κ2) is 2.01. The Morgan fingerprint density at radius 1 is 1.67 bits per heavy atom. The number of nitrogens with one attached hydrogen (secondary N) is 1. The van der Waals surface area contributed by atoms with Gasteiger partial charge in [0.2, 0.25) is 0 Å². The maximum Gasteiger partial charge on any atom is 0.139 e. The summed E-state index contributed by atoms with van der Waals surface area (Å²) in [5.74, 6) is 1.06. The van der Waals surface area contributed by atoms with Crippen LogP contribution in [0.2, 0.25) is 0 Å². The fraction of sp³-hybridized carbons (Fsp3) is 0.667. The van der Waals surface area contributed by atoms with Gasteiger partial charge in [0, 0.05) is 0 Å². The standard InChI is InChI=1S/C6H9NO2/c1-2-8-3-5-6(1)9-4-7-5/h1,5,7H,2-4H2. The zero-order valence-corrected chi connectivity index (χ0v) is 5.09. The van der Waals surface area contributed by atoms with Crippen molar-refractivity contribution in [3.05, 3.63) is 11.8 Å². The maximum atomic E-state index is 5.23. The summed E-state index contributed by atoms with van der Waals surface area (Å²) >= 11 is 0. The zero-order chi connectivity index (χ0) is 6.10. The molecule has 0 bridgehead atoms. The van der Waals surface area contributed by atoms with E-state index >= 15 is 0 Å². The number of fused-ring (bicyclic) bond motifs is 1. The topological polar surface area (TPSA) is 30.5 Å². The average molecular weight is 127 g/mol. The quantitative estimate of drug-likeness (QED) is 0.490. The van der Waals surface area contributed by atoms with Crippen molar-refractivity contribution in [3.8, 4) is 0 Å². The van der Waals surface area contributed by atoms with E-state index in [1.807, 2.05) is 6.08 Å². The van der Waals surface area contributed by atoms with Gasteiger partial charge < -0.3 is 9.47 Å². The second-order valence-corrected chi connectivity index (χ2v) is 2.19. The van der Waals surface area contributed by atoms with Gasteiger partial charge in [-0.3, -0.25) is 5.32 Å². The lowest BCUT2D eigenvalue weighted by Crippen LogP contribution is -2.30. The van der Waals surface area contributed by atoms with Gasteiger partial charge in [0.05, 0.1) is 19.3 Å². The van der Waals surface area contributed by atoms with Gasteiger partial charge in [-0.2, -0.15) is 0 Å². The van der Waals surface area contributed by atoms with Crippen LogP contribution in [0.4, 0.5) is 0 Å². The van der Waals surface area contributed by atoms with E-state index < -0.39 is 0 Å². The summed E-state index contributed by atoms with van der Waals surface area (Å²) in [5, 5.41) is 3.14. The number of hydrogen-bond donors (Lipinski definition) is 1. The van der Waals surface area contributed by atoms with Gasteiger partial charge in [0.1, 0.15) is 12.5 Å². The van der Waals surface area contributed by atoms with Crippen molar-refractivity contribution in [1.82, 2.24) is 5.32 Å². The van der Waals surface area contributed by atoms with Crippen LogP contribution in [0.1, 0.15) is 0 Å². The van der Waals surface area contributed by atoms with Crippen LogP contribution in [0.3, 0.4) is 0 Å². The highest BCUT2D eigenvalue weighted by Gasteiger charge is 2.23. The van der Waals surface area contributed by atoms with Crippen molar-refractivity contribution in [2.75, 3.05) is 19.9 Å². The monoisotopic (exact) mass is 127 g/mol. The van der Waals surface area contributed by atoms with E-state index in [2.05, 4.69) is 5.32 Å². The zero-order valence-electron chi connectivity index (χ0n) is 5.09. The van der Waals surface area contributed by atoms with E-state index in [4.69, 9.17) is 9.47 Å². The molecule has 0 aliphatic carbocycles. The maximum absolute atomic E-state index is 5.23. The van der Waals surface area contributed by atoms with Crippen LogP contribution in [0.15, 0.2) is 11.8 Å². The van der Waals surface area contributed by atoms with Crippen LogP contribution in [0, 0.1) is 0 Å². The summed E-state index contributed by atoms with van der Waals surface area (Å²) in [7, 11) is 0. The van der Waals surface area contributed by atoms with E-state index in [0.29, 0.717) is 19.4 Å². The Bertz CT molecular complexity index is 144. The molecule has 1 atom stereocenters. The summed E-state index contributed by atoms with van der Waals surface area (Å²) < 4.78 is 10.4. The van der Waals surface area contributed by atoms with Crippen LogP contribution in [-0.4, -0.2) is 26.0 Å². The molecule has 0 spiro atoms. The molecule has 3 heteroatoms. The smallest absolute Gasteiger partial charge is 0.139 e. The van der Waals surface area contributed by atoms with Crippen molar-refractivity contribution >= 4 is 0 Å². The van der Waals surface area contributed by atoms with Crippen molar-refractivity contribution in [2.45, 2.75) is 6.04 Å². The molecule has 0 aromatic carbocycles.